The third kappa shape index (κ3) is 4.95. The molecule has 174 valence electrons. The number of aryl methyl sites for hydroxylation is 1. The summed E-state index contributed by atoms with van der Waals surface area (Å²) in [5.74, 6) is 0.0685. The number of alkyl halides is 3. The van der Waals surface area contributed by atoms with Crippen molar-refractivity contribution >= 4 is 5.91 Å². The first-order valence-corrected chi connectivity index (χ1v) is 10.9. The van der Waals surface area contributed by atoms with Gasteiger partial charge in [0.2, 0.25) is 0 Å². The van der Waals surface area contributed by atoms with Gasteiger partial charge in [0.1, 0.15) is 0 Å². The van der Waals surface area contributed by atoms with Crippen molar-refractivity contribution in [2.75, 3.05) is 0 Å². The fourth-order valence-corrected chi connectivity index (χ4v) is 4.41. The van der Waals surface area contributed by atoms with Gasteiger partial charge >= 0.3 is 6.18 Å². The first-order valence-electron chi connectivity index (χ1n) is 10.9. The summed E-state index contributed by atoms with van der Waals surface area (Å²) in [5, 5.41) is 2.93. The Hall–Kier alpha value is -3.13. The summed E-state index contributed by atoms with van der Waals surface area (Å²) < 4.78 is 40.6. The Balaban J connectivity index is 1.49. The van der Waals surface area contributed by atoms with Crippen molar-refractivity contribution in [2.45, 2.75) is 45.7 Å². The number of hydrogen-bond acceptors (Lipinski definition) is 3. The van der Waals surface area contributed by atoms with Crippen LogP contribution in [0.5, 0.6) is 0 Å². The molecule has 0 saturated heterocycles. The number of halogens is 3. The van der Waals surface area contributed by atoms with E-state index in [2.05, 4.69) is 29.0 Å². The summed E-state index contributed by atoms with van der Waals surface area (Å²) in [5.41, 5.74) is 3.57. The summed E-state index contributed by atoms with van der Waals surface area (Å²) in [6.45, 7) is 5.72. The van der Waals surface area contributed by atoms with Gasteiger partial charge in [0.05, 0.1) is 29.4 Å². The molecule has 8 heteroatoms. The maximum atomic E-state index is 12.9. The van der Waals surface area contributed by atoms with E-state index in [4.69, 9.17) is 0 Å². The molecule has 0 radical (unpaired) electrons. The Morgan fingerprint density at radius 1 is 1.21 bits per heavy atom. The Bertz CT molecular complexity index is 1140. The number of benzene rings is 1. The Kier molecular flexibility index (Phi) is 6.30. The molecule has 2 aromatic heterocycles. The van der Waals surface area contributed by atoms with Gasteiger partial charge in [0.25, 0.3) is 5.91 Å². The molecule has 4 rings (SSSR count). The first-order chi connectivity index (χ1) is 15.6. The lowest BCUT2D eigenvalue weighted by Gasteiger charge is -2.27. The minimum absolute atomic E-state index is 0.0303. The van der Waals surface area contributed by atoms with E-state index in [0.717, 1.165) is 34.6 Å². The number of pyridine rings is 1. The topological polar surface area (TPSA) is 50.2 Å². The van der Waals surface area contributed by atoms with Crippen LogP contribution >= 0.6 is 0 Å². The van der Waals surface area contributed by atoms with Crippen LogP contribution in [0.4, 0.5) is 13.2 Å². The maximum Gasteiger partial charge on any atom is 0.416 e. The van der Waals surface area contributed by atoms with E-state index in [1.807, 2.05) is 36.0 Å². The summed E-state index contributed by atoms with van der Waals surface area (Å²) >= 11 is 0. The smallest absolute Gasteiger partial charge is 0.353 e. The summed E-state index contributed by atoms with van der Waals surface area (Å²) in [4.78, 5) is 19.5. The van der Waals surface area contributed by atoms with Gasteiger partial charge in [-0.2, -0.15) is 13.2 Å². The zero-order valence-electron chi connectivity index (χ0n) is 18.9. The molecule has 0 spiro atoms. The minimum Gasteiger partial charge on any atom is -0.353 e. The second kappa shape index (κ2) is 9.02. The lowest BCUT2D eigenvalue weighted by molar-refractivity contribution is -0.137. The normalized spacial score (nSPS) is 16.3. The van der Waals surface area contributed by atoms with E-state index in [1.165, 1.54) is 12.1 Å². The number of amides is 1. The second-order valence-corrected chi connectivity index (χ2v) is 8.85. The molecule has 0 bridgehead atoms. The van der Waals surface area contributed by atoms with Gasteiger partial charge in [0.15, 0.2) is 0 Å². The van der Waals surface area contributed by atoms with Gasteiger partial charge in [0, 0.05) is 38.2 Å². The maximum absolute atomic E-state index is 12.9. The van der Waals surface area contributed by atoms with Crippen LogP contribution in [-0.2, 0) is 32.9 Å². The average molecular weight is 457 g/mol. The minimum atomic E-state index is -4.34. The third-order valence-corrected chi connectivity index (χ3v) is 6.09. The average Bonchev–Trinajstić information content (AvgIpc) is 3.33. The van der Waals surface area contributed by atoms with Crippen LogP contribution in [0.2, 0.25) is 0 Å². The van der Waals surface area contributed by atoms with Crippen LogP contribution in [-0.4, -0.2) is 20.4 Å². The van der Waals surface area contributed by atoms with E-state index >= 15 is 0 Å². The fourth-order valence-electron chi connectivity index (χ4n) is 4.41. The van der Waals surface area contributed by atoms with Crippen molar-refractivity contribution < 1.29 is 18.0 Å². The van der Waals surface area contributed by atoms with Crippen LogP contribution in [0.15, 0.2) is 54.9 Å². The molecule has 1 aliphatic rings. The molecule has 3 heterocycles. The number of nitrogens with zero attached hydrogens (tertiary/aromatic N) is 3. The van der Waals surface area contributed by atoms with Crippen LogP contribution in [0, 0.1) is 5.92 Å². The van der Waals surface area contributed by atoms with Gasteiger partial charge in [-0.15, -0.1) is 0 Å². The quantitative estimate of drug-likeness (QED) is 0.563. The standard InChI is InChI=1S/C25H27F3N4O/c1-16(2)23-22-19(15-32(23)14-17-6-8-20(9-7-17)25(26,27)28)11-18(12-29-22)24(33)30-13-21-5-4-10-31(21)3/h4-12,16,23H,13-15H2,1-3H3,(H,30,33)/t23-/m0/s1. The van der Waals surface area contributed by atoms with Crippen molar-refractivity contribution in [3.63, 3.8) is 0 Å². The number of carbonyl (C=O) groups excluding carboxylic acids is 1. The lowest BCUT2D eigenvalue weighted by Crippen LogP contribution is -2.26. The zero-order chi connectivity index (χ0) is 23.8. The van der Waals surface area contributed by atoms with Crippen LogP contribution < -0.4 is 5.32 Å². The van der Waals surface area contributed by atoms with Crippen molar-refractivity contribution in [1.82, 2.24) is 19.8 Å². The molecule has 1 aliphatic heterocycles. The van der Waals surface area contributed by atoms with Crippen LogP contribution in [0.25, 0.3) is 0 Å². The van der Waals surface area contributed by atoms with Gasteiger partial charge in [-0.1, -0.05) is 26.0 Å². The molecule has 0 aliphatic carbocycles. The molecular weight excluding hydrogens is 429 g/mol. The summed E-state index contributed by atoms with van der Waals surface area (Å²) in [7, 11) is 1.93. The second-order valence-electron chi connectivity index (χ2n) is 8.85. The fraction of sp³-hybridized carbons (Fsp3) is 0.360. The first kappa shape index (κ1) is 23.0. The highest BCUT2D eigenvalue weighted by molar-refractivity contribution is 5.94. The molecule has 0 fully saturated rings. The van der Waals surface area contributed by atoms with Crippen molar-refractivity contribution in [3.8, 4) is 0 Å². The van der Waals surface area contributed by atoms with Crippen molar-refractivity contribution in [3.05, 3.63) is 88.5 Å². The van der Waals surface area contributed by atoms with E-state index in [1.54, 1.807) is 6.20 Å². The molecule has 5 nitrogen and oxygen atoms in total. The molecule has 3 aromatic rings. The number of rotatable bonds is 6. The van der Waals surface area contributed by atoms with Crippen molar-refractivity contribution in [2.24, 2.45) is 13.0 Å². The molecular formula is C25H27F3N4O. The molecule has 1 N–H and O–H groups in total. The van der Waals surface area contributed by atoms with E-state index in [-0.39, 0.29) is 17.9 Å². The number of fused-ring (bicyclic) bond motifs is 1. The zero-order valence-corrected chi connectivity index (χ0v) is 18.9. The van der Waals surface area contributed by atoms with Crippen LogP contribution in [0.3, 0.4) is 0 Å². The lowest BCUT2D eigenvalue weighted by atomic mass is 9.99. The largest absolute Gasteiger partial charge is 0.416 e. The number of aromatic nitrogens is 2. The van der Waals surface area contributed by atoms with Gasteiger partial charge < -0.3 is 9.88 Å². The molecule has 1 amide bonds. The highest BCUT2D eigenvalue weighted by atomic mass is 19.4. The summed E-state index contributed by atoms with van der Waals surface area (Å²) in [6, 6.07) is 11.1. The molecule has 0 saturated carbocycles. The SMILES string of the molecule is CC(C)[C@H]1c2ncc(C(=O)NCc3cccn3C)cc2CN1Cc1ccc(C(F)(F)F)cc1. The van der Waals surface area contributed by atoms with E-state index in [0.29, 0.717) is 25.2 Å². The number of hydrogen-bond donors (Lipinski definition) is 1. The molecule has 33 heavy (non-hydrogen) atoms. The Morgan fingerprint density at radius 2 is 1.94 bits per heavy atom. The number of carbonyl (C=O) groups is 1. The predicted molar refractivity (Wildman–Crippen MR) is 119 cm³/mol. The van der Waals surface area contributed by atoms with Gasteiger partial charge in [-0.05, 0) is 47.4 Å². The number of nitrogens with one attached hydrogen (secondary N) is 1. The van der Waals surface area contributed by atoms with Crippen molar-refractivity contribution in [1.29, 1.82) is 0 Å². The predicted octanol–water partition coefficient (Wildman–Crippen LogP) is 5.08. The van der Waals surface area contributed by atoms with E-state index < -0.39 is 11.7 Å². The highest BCUT2D eigenvalue weighted by Crippen LogP contribution is 2.39. The van der Waals surface area contributed by atoms with E-state index in [9.17, 15) is 18.0 Å². The molecule has 1 atom stereocenters. The highest BCUT2D eigenvalue weighted by Gasteiger charge is 2.35. The monoisotopic (exact) mass is 456 g/mol. The summed E-state index contributed by atoms with van der Waals surface area (Å²) in [6.07, 6.45) is -0.810. The van der Waals surface area contributed by atoms with Crippen LogP contribution in [0.1, 0.15) is 58.3 Å². The molecule has 1 aromatic carbocycles. The Labute approximate surface area is 191 Å². The van der Waals surface area contributed by atoms with Gasteiger partial charge in [-0.25, -0.2) is 0 Å². The molecule has 0 unspecified atom stereocenters. The Morgan fingerprint density at radius 3 is 2.55 bits per heavy atom. The third-order valence-electron chi connectivity index (χ3n) is 6.09. The van der Waals surface area contributed by atoms with Gasteiger partial charge in [-0.3, -0.25) is 14.7 Å².